The van der Waals surface area contributed by atoms with Crippen molar-refractivity contribution in [2.75, 3.05) is 0 Å². The molecule has 1 aromatic heterocycles. The monoisotopic (exact) mass is 273 g/mol. The Morgan fingerprint density at radius 3 is 2.50 bits per heavy atom. The summed E-state index contributed by atoms with van der Waals surface area (Å²) in [6.45, 7) is 6.04. The van der Waals surface area contributed by atoms with Gasteiger partial charge in [0.15, 0.2) is 0 Å². The van der Waals surface area contributed by atoms with Crippen molar-refractivity contribution < 1.29 is 13.2 Å². The predicted octanol–water partition coefficient (Wildman–Crippen LogP) is 0.827. The van der Waals surface area contributed by atoms with Gasteiger partial charge in [0.05, 0.1) is 4.90 Å². The summed E-state index contributed by atoms with van der Waals surface area (Å²) in [4.78, 5) is 14.3. The lowest BCUT2D eigenvalue weighted by atomic mass is 10.1. The Morgan fingerprint density at radius 2 is 2.06 bits per heavy atom. The molecule has 0 bridgehead atoms. The van der Waals surface area contributed by atoms with Gasteiger partial charge in [0.1, 0.15) is 5.69 Å². The zero-order valence-electron chi connectivity index (χ0n) is 10.7. The van der Waals surface area contributed by atoms with E-state index in [2.05, 4.69) is 24.1 Å². The highest BCUT2D eigenvalue weighted by atomic mass is 32.2. The van der Waals surface area contributed by atoms with Crippen molar-refractivity contribution in [3.05, 3.63) is 18.0 Å². The Bertz CT molecular complexity index is 519. The molecule has 1 aromatic rings. The second-order valence-electron chi connectivity index (χ2n) is 4.80. The summed E-state index contributed by atoms with van der Waals surface area (Å²) in [5.74, 6) is 0.141. The van der Waals surface area contributed by atoms with Crippen LogP contribution in [0.3, 0.4) is 0 Å². The van der Waals surface area contributed by atoms with Crippen LogP contribution in [0.4, 0.5) is 0 Å². The standard InChI is InChI=1S/C11H19N3O3S/c1-7(2)4-8(3)14-11(15)10-5-9(6-13-10)18(12,16)17/h5-8,13H,4H2,1-3H3,(H,14,15)(H2,12,16,17). The smallest absolute Gasteiger partial charge is 0.267 e. The van der Waals surface area contributed by atoms with Crippen LogP contribution in [-0.4, -0.2) is 25.4 Å². The third-order valence-corrected chi connectivity index (χ3v) is 3.32. The first-order chi connectivity index (χ1) is 8.20. The van der Waals surface area contributed by atoms with Crippen LogP contribution >= 0.6 is 0 Å². The molecule has 102 valence electrons. The lowest BCUT2D eigenvalue weighted by molar-refractivity contribution is 0.0931. The minimum Gasteiger partial charge on any atom is -0.356 e. The molecule has 0 saturated carbocycles. The maximum Gasteiger partial charge on any atom is 0.267 e. The van der Waals surface area contributed by atoms with Crippen molar-refractivity contribution in [3.8, 4) is 0 Å². The number of nitrogens with two attached hydrogens (primary N) is 1. The van der Waals surface area contributed by atoms with E-state index in [1.54, 1.807) is 0 Å². The third-order valence-electron chi connectivity index (χ3n) is 2.43. The van der Waals surface area contributed by atoms with Gasteiger partial charge < -0.3 is 10.3 Å². The van der Waals surface area contributed by atoms with Crippen LogP contribution < -0.4 is 10.5 Å². The number of hydrogen-bond donors (Lipinski definition) is 3. The van der Waals surface area contributed by atoms with Gasteiger partial charge in [-0.1, -0.05) is 13.8 Å². The Labute approximate surface area is 107 Å². The lowest BCUT2D eigenvalue weighted by Crippen LogP contribution is -2.33. The average Bonchev–Trinajstić information content (AvgIpc) is 2.63. The summed E-state index contributed by atoms with van der Waals surface area (Å²) < 4.78 is 22.1. The quantitative estimate of drug-likeness (QED) is 0.739. The van der Waals surface area contributed by atoms with Crippen LogP contribution in [0.1, 0.15) is 37.7 Å². The molecule has 0 radical (unpaired) electrons. The topological polar surface area (TPSA) is 105 Å². The zero-order valence-corrected chi connectivity index (χ0v) is 11.5. The first-order valence-corrected chi connectivity index (χ1v) is 7.27. The molecule has 1 amide bonds. The van der Waals surface area contributed by atoms with Crippen molar-refractivity contribution in [2.24, 2.45) is 11.1 Å². The molecule has 1 unspecified atom stereocenters. The Morgan fingerprint density at radius 1 is 1.44 bits per heavy atom. The molecular weight excluding hydrogens is 254 g/mol. The molecule has 1 rings (SSSR count). The van der Waals surface area contributed by atoms with Crippen LogP contribution in [0.2, 0.25) is 0 Å². The Kier molecular flexibility index (Phi) is 4.53. The zero-order chi connectivity index (χ0) is 13.9. The first kappa shape index (κ1) is 14.7. The third kappa shape index (κ3) is 4.15. The number of aromatic nitrogens is 1. The Hall–Kier alpha value is -1.34. The number of carbonyl (C=O) groups is 1. The highest BCUT2D eigenvalue weighted by Gasteiger charge is 2.16. The molecule has 0 aliphatic carbocycles. The minimum atomic E-state index is -3.77. The van der Waals surface area contributed by atoms with Gasteiger partial charge in [-0.15, -0.1) is 0 Å². The predicted molar refractivity (Wildman–Crippen MR) is 68.5 cm³/mol. The van der Waals surface area contributed by atoms with E-state index in [1.165, 1.54) is 12.3 Å². The van der Waals surface area contributed by atoms with Gasteiger partial charge in [0.2, 0.25) is 10.0 Å². The summed E-state index contributed by atoms with van der Waals surface area (Å²) in [6, 6.07) is 1.26. The molecule has 0 aliphatic heterocycles. The van der Waals surface area contributed by atoms with Crippen molar-refractivity contribution in [1.82, 2.24) is 10.3 Å². The van der Waals surface area contributed by atoms with E-state index in [-0.39, 0.29) is 22.5 Å². The second-order valence-corrected chi connectivity index (χ2v) is 6.36. The van der Waals surface area contributed by atoms with Gasteiger partial charge >= 0.3 is 0 Å². The van der Waals surface area contributed by atoms with Gasteiger partial charge in [-0.25, -0.2) is 13.6 Å². The van der Waals surface area contributed by atoms with Gasteiger partial charge in [-0.3, -0.25) is 4.79 Å². The molecule has 1 atom stereocenters. The maximum atomic E-state index is 11.8. The van der Waals surface area contributed by atoms with Gasteiger partial charge in [-0.05, 0) is 25.3 Å². The molecule has 4 N–H and O–H groups in total. The molecule has 1 heterocycles. The number of hydrogen-bond acceptors (Lipinski definition) is 3. The highest BCUT2D eigenvalue weighted by Crippen LogP contribution is 2.09. The van der Waals surface area contributed by atoms with Crippen LogP contribution in [0.25, 0.3) is 0 Å². The number of aromatic amines is 1. The summed E-state index contributed by atoms with van der Waals surface area (Å²) in [6.07, 6.45) is 2.06. The van der Waals surface area contributed by atoms with E-state index in [1.807, 2.05) is 6.92 Å². The number of H-pyrrole nitrogens is 1. The number of sulfonamides is 1. The summed E-state index contributed by atoms with van der Waals surface area (Å²) in [5, 5.41) is 7.74. The number of rotatable bonds is 5. The molecule has 0 spiro atoms. The fourth-order valence-corrected chi connectivity index (χ4v) is 2.24. The average molecular weight is 273 g/mol. The Balaban J connectivity index is 2.71. The lowest BCUT2D eigenvalue weighted by Gasteiger charge is -2.15. The summed E-state index contributed by atoms with van der Waals surface area (Å²) >= 11 is 0. The first-order valence-electron chi connectivity index (χ1n) is 5.72. The molecule has 18 heavy (non-hydrogen) atoms. The van der Waals surface area contributed by atoms with E-state index in [0.717, 1.165) is 6.42 Å². The van der Waals surface area contributed by atoms with E-state index >= 15 is 0 Å². The van der Waals surface area contributed by atoms with Crippen LogP contribution in [0.15, 0.2) is 17.2 Å². The largest absolute Gasteiger partial charge is 0.356 e. The number of carbonyl (C=O) groups excluding carboxylic acids is 1. The molecule has 6 nitrogen and oxygen atoms in total. The van der Waals surface area contributed by atoms with Crippen molar-refractivity contribution in [3.63, 3.8) is 0 Å². The van der Waals surface area contributed by atoms with Crippen molar-refractivity contribution in [2.45, 2.75) is 38.1 Å². The maximum absolute atomic E-state index is 11.8. The molecule has 0 fully saturated rings. The summed E-state index contributed by atoms with van der Waals surface area (Å²) in [7, 11) is -3.77. The second kappa shape index (κ2) is 5.53. The normalized spacial score (nSPS) is 13.6. The van der Waals surface area contributed by atoms with E-state index in [9.17, 15) is 13.2 Å². The van der Waals surface area contributed by atoms with Gasteiger partial charge in [-0.2, -0.15) is 0 Å². The van der Waals surface area contributed by atoms with Crippen LogP contribution in [-0.2, 0) is 10.0 Å². The number of primary sulfonamides is 1. The minimum absolute atomic E-state index is 0.0266. The van der Waals surface area contributed by atoms with E-state index < -0.39 is 10.0 Å². The van der Waals surface area contributed by atoms with Crippen molar-refractivity contribution >= 4 is 15.9 Å². The molecule has 7 heteroatoms. The molecular formula is C11H19N3O3S. The van der Waals surface area contributed by atoms with E-state index in [4.69, 9.17) is 5.14 Å². The SMILES string of the molecule is CC(C)CC(C)NC(=O)c1cc(S(N)(=O)=O)c[nH]1. The van der Waals surface area contributed by atoms with Crippen LogP contribution in [0.5, 0.6) is 0 Å². The molecule has 0 aromatic carbocycles. The highest BCUT2D eigenvalue weighted by molar-refractivity contribution is 7.89. The summed E-state index contributed by atoms with van der Waals surface area (Å²) in [5.41, 5.74) is 0.189. The van der Waals surface area contributed by atoms with Crippen LogP contribution in [0, 0.1) is 5.92 Å². The number of nitrogens with one attached hydrogen (secondary N) is 2. The fraction of sp³-hybridized carbons (Fsp3) is 0.545. The van der Waals surface area contributed by atoms with Gasteiger partial charge in [0.25, 0.3) is 5.91 Å². The van der Waals surface area contributed by atoms with E-state index in [0.29, 0.717) is 5.92 Å². The van der Waals surface area contributed by atoms with Crippen molar-refractivity contribution in [1.29, 1.82) is 0 Å². The van der Waals surface area contributed by atoms with Gasteiger partial charge in [0, 0.05) is 12.2 Å². The molecule has 0 saturated heterocycles. The number of amides is 1. The molecule has 0 aliphatic rings. The fourth-order valence-electron chi connectivity index (χ4n) is 1.74.